The molecule has 8 rings (SSSR count). The Balaban J connectivity index is 1.31. The minimum Gasteiger partial charge on any atom is -0.387 e. The van der Waals surface area contributed by atoms with Gasteiger partial charge in [-0.15, -0.1) is 0 Å². The van der Waals surface area contributed by atoms with Crippen LogP contribution in [0.25, 0.3) is 66.1 Å². The lowest BCUT2D eigenvalue weighted by Gasteiger charge is -2.12. The van der Waals surface area contributed by atoms with Gasteiger partial charge in [-0.1, -0.05) is 84.9 Å². The van der Waals surface area contributed by atoms with Crippen molar-refractivity contribution in [1.29, 1.82) is 0 Å². The Labute approximate surface area is 238 Å². The van der Waals surface area contributed by atoms with Gasteiger partial charge in [0.25, 0.3) is 0 Å². The third-order valence-electron chi connectivity index (χ3n) is 8.14. The average molecular weight is 526 g/mol. The summed E-state index contributed by atoms with van der Waals surface area (Å²) in [5.41, 5.74) is 10.9. The van der Waals surface area contributed by atoms with Crippen molar-refractivity contribution in [3.05, 3.63) is 152 Å². The number of fused-ring (bicyclic) bond motifs is 5. The minimum absolute atomic E-state index is 0.852. The third-order valence-corrected chi connectivity index (χ3v) is 8.14. The molecule has 0 spiro atoms. The van der Waals surface area contributed by atoms with Crippen LogP contribution in [0.3, 0.4) is 0 Å². The first kappa shape index (κ1) is 23.5. The molecule has 2 aromatic heterocycles. The molecule has 0 amide bonds. The third kappa shape index (κ3) is 4.02. The van der Waals surface area contributed by atoms with E-state index in [-0.39, 0.29) is 0 Å². The number of hydrogen-bond acceptors (Lipinski definition) is 2. The van der Waals surface area contributed by atoms with Gasteiger partial charge in [0.05, 0.1) is 11.0 Å². The number of para-hydroxylation sites is 1. The standard InChI is InChI=1S/C38H27N3/c1-2-4-33(5-3-1)41-37-25-31(29-18-22-40-23-19-29)11-14-35(37)36-15-12-32-24-30(10-13-34(32)38(36)41)27-8-6-26(7-9-27)28-16-20-39-21-17-28/h1-22,24-25,40H,23H2. The number of allylic oxidation sites excluding steroid dienone is 2. The molecule has 7 aromatic rings. The fourth-order valence-electron chi connectivity index (χ4n) is 6.11. The summed E-state index contributed by atoms with van der Waals surface area (Å²) in [4.78, 5) is 4.14. The molecular formula is C38H27N3. The maximum Gasteiger partial charge on any atom is 0.0619 e. The van der Waals surface area contributed by atoms with Crippen LogP contribution in [0.15, 0.2) is 146 Å². The van der Waals surface area contributed by atoms with Crippen LogP contribution in [0.5, 0.6) is 0 Å². The fourth-order valence-corrected chi connectivity index (χ4v) is 6.11. The largest absolute Gasteiger partial charge is 0.387 e. The van der Waals surface area contributed by atoms with Crippen LogP contribution >= 0.6 is 0 Å². The Kier molecular flexibility index (Phi) is 5.53. The van der Waals surface area contributed by atoms with Gasteiger partial charge in [-0.3, -0.25) is 4.98 Å². The highest BCUT2D eigenvalue weighted by Crippen LogP contribution is 2.39. The SMILES string of the molecule is C1=CC(c2ccc3c4ccc5cc(-c6ccc(-c7ccncc7)cc6)ccc5c4n(-c4ccccc4)c3c2)=CCN1. The number of nitrogens with zero attached hydrogens (tertiary/aromatic N) is 2. The van der Waals surface area contributed by atoms with Crippen molar-refractivity contribution in [3.63, 3.8) is 0 Å². The number of hydrogen-bond donors (Lipinski definition) is 1. The average Bonchev–Trinajstić information content (AvgIpc) is 3.40. The molecule has 0 bridgehead atoms. The fraction of sp³-hybridized carbons (Fsp3) is 0.0263. The maximum absolute atomic E-state index is 4.14. The van der Waals surface area contributed by atoms with E-state index in [1.54, 1.807) is 0 Å². The van der Waals surface area contributed by atoms with E-state index in [9.17, 15) is 0 Å². The van der Waals surface area contributed by atoms with Crippen molar-refractivity contribution >= 4 is 38.2 Å². The Morgan fingerprint density at radius 3 is 2.05 bits per heavy atom. The highest BCUT2D eigenvalue weighted by atomic mass is 15.0. The van der Waals surface area contributed by atoms with Gasteiger partial charge in [-0.2, -0.15) is 0 Å². The van der Waals surface area contributed by atoms with E-state index in [0.717, 1.165) is 6.54 Å². The predicted octanol–water partition coefficient (Wildman–Crippen LogP) is 9.17. The maximum atomic E-state index is 4.14. The number of benzene rings is 5. The van der Waals surface area contributed by atoms with E-state index in [2.05, 4.69) is 130 Å². The molecule has 3 nitrogen and oxygen atoms in total. The zero-order chi connectivity index (χ0) is 27.2. The second kappa shape index (κ2) is 9.65. The summed E-state index contributed by atoms with van der Waals surface area (Å²) in [6.45, 7) is 0.852. The molecule has 0 unspecified atom stereocenters. The van der Waals surface area contributed by atoms with Crippen LogP contribution in [0.1, 0.15) is 5.56 Å². The monoisotopic (exact) mass is 525 g/mol. The molecule has 194 valence electrons. The van der Waals surface area contributed by atoms with E-state index in [1.807, 2.05) is 30.7 Å². The number of rotatable bonds is 4. The topological polar surface area (TPSA) is 29.9 Å². The van der Waals surface area contributed by atoms with Gasteiger partial charge in [0, 0.05) is 40.8 Å². The number of pyridine rings is 1. The summed E-state index contributed by atoms with van der Waals surface area (Å²) in [6, 6.07) is 41.9. The molecule has 0 saturated heterocycles. The minimum atomic E-state index is 0.852. The van der Waals surface area contributed by atoms with E-state index >= 15 is 0 Å². The lowest BCUT2D eigenvalue weighted by Crippen LogP contribution is -2.08. The summed E-state index contributed by atoms with van der Waals surface area (Å²) in [5, 5.41) is 8.29. The highest BCUT2D eigenvalue weighted by Gasteiger charge is 2.16. The molecule has 3 heteroatoms. The zero-order valence-electron chi connectivity index (χ0n) is 22.5. The van der Waals surface area contributed by atoms with E-state index in [4.69, 9.17) is 0 Å². The second-order valence-corrected chi connectivity index (χ2v) is 10.5. The first-order valence-corrected chi connectivity index (χ1v) is 14.0. The predicted molar refractivity (Wildman–Crippen MR) is 172 cm³/mol. The second-order valence-electron chi connectivity index (χ2n) is 10.5. The zero-order valence-corrected chi connectivity index (χ0v) is 22.5. The molecule has 0 fully saturated rings. The summed E-state index contributed by atoms with van der Waals surface area (Å²) >= 11 is 0. The van der Waals surface area contributed by atoms with Gasteiger partial charge in [-0.25, -0.2) is 0 Å². The lowest BCUT2D eigenvalue weighted by molar-refractivity contribution is 0.976. The Morgan fingerprint density at radius 2 is 1.27 bits per heavy atom. The smallest absolute Gasteiger partial charge is 0.0619 e. The van der Waals surface area contributed by atoms with E-state index in [1.165, 1.54) is 71.7 Å². The Morgan fingerprint density at radius 1 is 0.585 bits per heavy atom. The van der Waals surface area contributed by atoms with Crippen molar-refractivity contribution in [3.8, 4) is 27.9 Å². The van der Waals surface area contributed by atoms with Crippen molar-refractivity contribution in [1.82, 2.24) is 14.9 Å². The van der Waals surface area contributed by atoms with Crippen molar-refractivity contribution in [2.45, 2.75) is 0 Å². The Hall–Kier alpha value is -5.41. The molecule has 41 heavy (non-hydrogen) atoms. The van der Waals surface area contributed by atoms with Crippen molar-refractivity contribution < 1.29 is 0 Å². The van der Waals surface area contributed by atoms with Gasteiger partial charge >= 0.3 is 0 Å². The lowest BCUT2D eigenvalue weighted by atomic mass is 9.97. The van der Waals surface area contributed by atoms with Gasteiger partial charge < -0.3 is 9.88 Å². The summed E-state index contributed by atoms with van der Waals surface area (Å²) in [5.74, 6) is 0. The van der Waals surface area contributed by atoms with E-state index < -0.39 is 0 Å². The molecule has 0 atom stereocenters. The summed E-state index contributed by atoms with van der Waals surface area (Å²) in [7, 11) is 0. The van der Waals surface area contributed by atoms with Crippen LogP contribution in [0.2, 0.25) is 0 Å². The molecule has 5 aromatic carbocycles. The first-order valence-electron chi connectivity index (χ1n) is 14.0. The molecule has 1 aliphatic heterocycles. The normalized spacial score (nSPS) is 13.0. The Bertz CT molecular complexity index is 2120. The van der Waals surface area contributed by atoms with Gasteiger partial charge in [0.2, 0.25) is 0 Å². The number of nitrogens with one attached hydrogen (secondary N) is 1. The van der Waals surface area contributed by atoms with Crippen LogP contribution in [0.4, 0.5) is 0 Å². The van der Waals surface area contributed by atoms with Crippen LogP contribution in [-0.4, -0.2) is 16.1 Å². The van der Waals surface area contributed by atoms with Gasteiger partial charge in [0.15, 0.2) is 0 Å². The quantitative estimate of drug-likeness (QED) is 0.248. The molecule has 1 aliphatic rings. The van der Waals surface area contributed by atoms with Crippen LogP contribution in [-0.2, 0) is 0 Å². The van der Waals surface area contributed by atoms with Crippen LogP contribution in [0, 0.1) is 0 Å². The molecule has 0 radical (unpaired) electrons. The van der Waals surface area contributed by atoms with E-state index in [0.29, 0.717) is 0 Å². The van der Waals surface area contributed by atoms with Crippen molar-refractivity contribution in [2.75, 3.05) is 6.54 Å². The molecule has 1 N–H and O–H groups in total. The summed E-state index contributed by atoms with van der Waals surface area (Å²) in [6.07, 6.45) is 10.1. The molecular weight excluding hydrogens is 498 g/mol. The van der Waals surface area contributed by atoms with Gasteiger partial charge in [-0.05, 0) is 87.5 Å². The molecule has 3 heterocycles. The van der Waals surface area contributed by atoms with Crippen molar-refractivity contribution in [2.24, 2.45) is 0 Å². The van der Waals surface area contributed by atoms with Crippen LogP contribution < -0.4 is 5.32 Å². The first-order chi connectivity index (χ1) is 20.3. The highest BCUT2D eigenvalue weighted by molar-refractivity contribution is 6.19. The number of dihydropyridines is 1. The van der Waals surface area contributed by atoms with Gasteiger partial charge in [0.1, 0.15) is 0 Å². The number of aromatic nitrogens is 2. The molecule has 0 aliphatic carbocycles. The summed E-state index contributed by atoms with van der Waals surface area (Å²) < 4.78 is 2.44. The molecule has 0 saturated carbocycles.